The molecule has 0 fully saturated rings. The van der Waals surface area contributed by atoms with E-state index in [9.17, 15) is 0 Å². The van der Waals surface area contributed by atoms with Crippen LogP contribution in [-0.2, 0) is 6.42 Å². The molecule has 0 heteroatoms. The highest BCUT2D eigenvalue weighted by molar-refractivity contribution is 6.01. The zero-order valence-electron chi connectivity index (χ0n) is 11.6. The summed E-state index contributed by atoms with van der Waals surface area (Å²) in [6, 6.07) is 27.6. The molecule has 97 valence electrons. The predicted molar refractivity (Wildman–Crippen MR) is 88.5 cm³/mol. The lowest BCUT2D eigenvalue weighted by molar-refractivity contribution is 1.27. The highest BCUT2D eigenvalue weighted by Crippen LogP contribution is 2.39. The van der Waals surface area contributed by atoms with Crippen LogP contribution in [-0.4, -0.2) is 0 Å². The van der Waals surface area contributed by atoms with Gasteiger partial charge < -0.3 is 0 Å². The smallest absolute Gasteiger partial charge is 0.00130 e. The lowest BCUT2D eigenvalue weighted by atomic mass is 9.98. The highest BCUT2D eigenvalue weighted by Gasteiger charge is 2.18. The van der Waals surface area contributed by atoms with E-state index in [0.717, 1.165) is 6.42 Å². The zero-order chi connectivity index (χ0) is 13.8. The third-order valence-corrected chi connectivity index (χ3v) is 4.52. The summed E-state index contributed by atoms with van der Waals surface area (Å²) in [5.41, 5.74) is 5.46. The second kappa shape index (κ2) is 3.95. The van der Waals surface area contributed by atoms with Crippen molar-refractivity contribution in [1.29, 1.82) is 0 Å². The predicted octanol–water partition coefficient (Wildman–Crippen LogP) is 5.36. The van der Waals surface area contributed by atoms with E-state index in [4.69, 9.17) is 0 Å². The van der Waals surface area contributed by atoms with E-state index >= 15 is 0 Å². The first kappa shape index (κ1) is 11.1. The van der Waals surface area contributed by atoms with Gasteiger partial charge in [-0.3, -0.25) is 0 Å². The van der Waals surface area contributed by atoms with Crippen molar-refractivity contribution in [3.63, 3.8) is 0 Å². The topological polar surface area (TPSA) is 0 Å². The average molecular weight is 265 g/mol. The molecule has 0 heterocycles. The Morgan fingerprint density at radius 1 is 0.667 bits per heavy atom. The molecule has 0 amide bonds. The monoisotopic (exact) mass is 265 g/mol. The summed E-state index contributed by atoms with van der Waals surface area (Å²) in [7, 11) is 0. The first-order valence-corrected chi connectivity index (χ1v) is 7.34. The second-order valence-electron chi connectivity index (χ2n) is 5.80. The molecule has 0 aliphatic heterocycles. The standard InChI is InChI=1S/C21H13/c1-2-6-15-10-18-13-21-19(12-17(18)9-14(15)5-1)11-16-7-3-4-8-20(16)21/h1-7,9-10,12-13H,11H2. The molecule has 1 aliphatic carbocycles. The molecule has 4 aromatic rings. The quantitative estimate of drug-likeness (QED) is 0.330. The number of fused-ring (bicyclic) bond motifs is 5. The highest BCUT2D eigenvalue weighted by atomic mass is 14.2. The molecule has 0 unspecified atom stereocenters. The first-order valence-electron chi connectivity index (χ1n) is 7.34. The summed E-state index contributed by atoms with van der Waals surface area (Å²) in [5, 5.41) is 5.27. The van der Waals surface area contributed by atoms with Gasteiger partial charge in [-0.1, -0.05) is 48.5 Å². The average Bonchev–Trinajstić information content (AvgIpc) is 2.88. The van der Waals surface area contributed by atoms with Crippen LogP contribution in [0.4, 0.5) is 0 Å². The van der Waals surface area contributed by atoms with Crippen molar-refractivity contribution in [3.05, 3.63) is 83.9 Å². The number of hydrogen-bond acceptors (Lipinski definition) is 0. The van der Waals surface area contributed by atoms with Gasteiger partial charge in [-0.2, -0.15) is 0 Å². The van der Waals surface area contributed by atoms with Crippen molar-refractivity contribution < 1.29 is 0 Å². The summed E-state index contributed by atoms with van der Waals surface area (Å²) in [6.45, 7) is 0. The van der Waals surface area contributed by atoms with Crippen molar-refractivity contribution in [2.24, 2.45) is 0 Å². The Balaban J connectivity index is 1.86. The minimum atomic E-state index is 1.03. The molecule has 0 atom stereocenters. The summed E-state index contributed by atoms with van der Waals surface area (Å²) < 4.78 is 0. The van der Waals surface area contributed by atoms with E-state index in [1.807, 2.05) is 6.07 Å². The molecule has 1 aliphatic rings. The van der Waals surface area contributed by atoms with Crippen LogP contribution in [0.15, 0.2) is 66.7 Å². The molecule has 0 N–H and O–H groups in total. The Morgan fingerprint density at radius 2 is 1.43 bits per heavy atom. The van der Waals surface area contributed by atoms with Crippen LogP contribution in [0.2, 0.25) is 0 Å². The molecule has 0 spiro atoms. The second-order valence-corrected chi connectivity index (χ2v) is 5.80. The van der Waals surface area contributed by atoms with Gasteiger partial charge in [-0.05, 0) is 74.5 Å². The molecule has 0 aromatic heterocycles. The maximum atomic E-state index is 3.41. The van der Waals surface area contributed by atoms with Gasteiger partial charge in [-0.15, -0.1) is 0 Å². The molecule has 5 rings (SSSR count). The molecule has 0 saturated carbocycles. The summed E-state index contributed by atoms with van der Waals surface area (Å²) in [4.78, 5) is 0. The Morgan fingerprint density at radius 3 is 2.24 bits per heavy atom. The van der Waals surface area contributed by atoms with Crippen LogP contribution in [0.25, 0.3) is 32.7 Å². The van der Waals surface area contributed by atoms with Gasteiger partial charge in [0.25, 0.3) is 0 Å². The van der Waals surface area contributed by atoms with Crippen molar-refractivity contribution in [3.8, 4) is 11.1 Å². The first-order chi connectivity index (χ1) is 10.4. The normalized spacial score (nSPS) is 12.6. The van der Waals surface area contributed by atoms with Crippen molar-refractivity contribution in [1.82, 2.24) is 0 Å². The molecular formula is C21H13. The molecule has 4 aromatic carbocycles. The van der Waals surface area contributed by atoms with Crippen molar-refractivity contribution >= 4 is 21.5 Å². The fraction of sp³-hybridized carbons (Fsp3) is 0.0476. The minimum Gasteiger partial charge on any atom is -0.0616 e. The van der Waals surface area contributed by atoms with Crippen LogP contribution in [0.3, 0.4) is 0 Å². The third kappa shape index (κ3) is 1.56. The van der Waals surface area contributed by atoms with Crippen LogP contribution < -0.4 is 0 Å². The van der Waals surface area contributed by atoms with E-state index in [-0.39, 0.29) is 0 Å². The SMILES string of the molecule is [c]1cccc2c1-c1cc3cc4ccccc4cc3cc1C2. The largest absolute Gasteiger partial charge is 0.0616 e. The van der Waals surface area contributed by atoms with Crippen molar-refractivity contribution in [2.75, 3.05) is 0 Å². The van der Waals surface area contributed by atoms with Crippen LogP contribution in [0, 0.1) is 6.07 Å². The van der Waals surface area contributed by atoms with Gasteiger partial charge in [0.15, 0.2) is 0 Å². The summed E-state index contributed by atoms with van der Waals surface area (Å²) >= 11 is 0. The molecule has 0 bridgehead atoms. The lowest BCUT2D eigenvalue weighted by Gasteiger charge is -2.06. The van der Waals surface area contributed by atoms with Gasteiger partial charge >= 0.3 is 0 Å². The molecule has 21 heavy (non-hydrogen) atoms. The van der Waals surface area contributed by atoms with E-state index in [0.29, 0.717) is 0 Å². The van der Waals surface area contributed by atoms with Crippen molar-refractivity contribution in [2.45, 2.75) is 6.42 Å². The van der Waals surface area contributed by atoms with E-state index in [1.54, 1.807) is 0 Å². The van der Waals surface area contributed by atoms with Gasteiger partial charge in [0.2, 0.25) is 0 Å². The Kier molecular flexibility index (Phi) is 2.09. The Hall–Kier alpha value is -2.60. The fourth-order valence-corrected chi connectivity index (χ4v) is 3.49. The number of rotatable bonds is 0. The van der Waals surface area contributed by atoms with Gasteiger partial charge in [0.1, 0.15) is 0 Å². The van der Waals surface area contributed by atoms with Crippen LogP contribution in [0.1, 0.15) is 11.1 Å². The van der Waals surface area contributed by atoms with Crippen LogP contribution >= 0.6 is 0 Å². The molecule has 1 radical (unpaired) electrons. The van der Waals surface area contributed by atoms with E-state index in [1.165, 1.54) is 43.8 Å². The van der Waals surface area contributed by atoms with E-state index < -0.39 is 0 Å². The molecule has 0 saturated heterocycles. The minimum absolute atomic E-state index is 1.03. The summed E-state index contributed by atoms with van der Waals surface area (Å²) in [5.74, 6) is 0. The third-order valence-electron chi connectivity index (χ3n) is 4.52. The Labute approximate surface area is 123 Å². The maximum Gasteiger partial charge on any atom is -0.00130 e. The Bertz CT molecular complexity index is 1010. The van der Waals surface area contributed by atoms with Gasteiger partial charge in [-0.25, -0.2) is 0 Å². The maximum absolute atomic E-state index is 3.41. The number of benzene rings is 4. The van der Waals surface area contributed by atoms with Gasteiger partial charge in [0, 0.05) is 0 Å². The van der Waals surface area contributed by atoms with E-state index in [2.05, 4.69) is 66.7 Å². The molecule has 0 nitrogen and oxygen atoms in total. The lowest BCUT2D eigenvalue weighted by Crippen LogP contribution is -1.82. The van der Waals surface area contributed by atoms with Gasteiger partial charge in [0.05, 0.1) is 0 Å². The molecular weight excluding hydrogens is 252 g/mol. The number of hydrogen-bond donors (Lipinski definition) is 0. The fourth-order valence-electron chi connectivity index (χ4n) is 3.49. The van der Waals surface area contributed by atoms with Crippen LogP contribution in [0.5, 0.6) is 0 Å². The zero-order valence-corrected chi connectivity index (χ0v) is 11.6. The summed E-state index contributed by atoms with van der Waals surface area (Å²) in [6.07, 6.45) is 1.03.